The molecule has 0 unspecified atom stereocenters. The largest absolute Gasteiger partial charge is 0.490 e. The Balaban J connectivity index is 2.48. The average molecular weight is 534 g/mol. The van der Waals surface area contributed by atoms with Gasteiger partial charge in [-0.05, 0) is 73.3 Å². The second-order valence-corrected chi connectivity index (χ2v) is 7.49. The number of rotatable bonds is 8. The summed E-state index contributed by atoms with van der Waals surface area (Å²) >= 11 is 7.36. The van der Waals surface area contributed by atoms with E-state index in [0.717, 1.165) is 5.56 Å². The summed E-state index contributed by atoms with van der Waals surface area (Å²) in [6.45, 7) is 5.78. The molecule has 1 aliphatic heterocycles. The molecule has 0 spiro atoms. The summed E-state index contributed by atoms with van der Waals surface area (Å²) in [5.41, 5.74) is 1.80. The predicted octanol–water partition coefficient (Wildman–Crippen LogP) is 2.60. The van der Waals surface area contributed by atoms with Crippen LogP contribution in [0, 0.1) is 3.57 Å². The van der Waals surface area contributed by atoms with Crippen LogP contribution in [0.15, 0.2) is 23.4 Å². The van der Waals surface area contributed by atoms with Crippen LogP contribution >= 0.6 is 34.8 Å². The SMILES string of the molecule is CCOC(=O)C1=C(C)NC(=S)N[C@@H]1c1cc(I)c(OCC(=O)OC)c(OCC)c1. The maximum absolute atomic E-state index is 12.6. The molecule has 0 radical (unpaired) electrons. The maximum atomic E-state index is 12.6. The molecule has 1 atom stereocenters. The molecule has 2 N–H and O–H groups in total. The second kappa shape index (κ2) is 10.6. The monoisotopic (exact) mass is 534 g/mol. The number of benzene rings is 1. The zero-order valence-electron chi connectivity index (χ0n) is 16.6. The number of thiocarbonyl (C=S) groups is 1. The lowest BCUT2D eigenvalue weighted by Gasteiger charge is -2.30. The lowest BCUT2D eigenvalue weighted by atomic mass is 9.95. The fraction of sp³-hybridized carbons (Fsp3) is 0.421. The fourth-order valence-electron chi connectivity index (χ4n) is 2.77. The van der Waals surface area contributed by atoms with Crippen molar-refractivity contribution in [3.05, 3.63) is 32.5 Å². The van der Waals surface area contributed by atoms with E-state index in [0.29, 0.717) is 38.1 Å². The molecule has 1 heterocycles. The Labute approximate surface area is 188 Å². The fourth-order valence-corrected chi connectivity index (χ4v) is 3.82. The number of carbonyl (C=O) groups excluding carboxylic acids is 2. The highest BCUT2D eigenvalue weighted by Crippen LogP contribution is 2.38. The van der Waals surface area contributed by atoms with E-state index in [1.54, 1.807) is 19.9 Å². The first kappa shape index (κ1) is 23.2. The number of esters is 2. The van der Waals surface area contributed by atoms with Crippen molar-refractivity contribution in [1.29, 1.82) is 0 Å². The molecule has 1 aliphatic rings. The Hall–Kier alpha value is -2.08. The third-order valence-electron chi connectivity index (χ3n) is 3.99. The summed E-state index contributed by atoms with van der Waals surface area (Å²) in [5, 5.41) is 6.48. The van der Waals surface area contributed by atoms with Gasteiger partial charge in [0.25, 0.3) is 0 Å². The highest BCUT2D eigenvalue weighted by molar-refractivity contribution is 14.1. The molecule has 0 aliphatic carbocycles. The van der Waals surface area contributed by atoms with Crippen molar-refractivity contribution in [2.45, 2.75) is 26.8 Å². The van der Waals surface area contributed by atoms with Gasteiger partial charge in [-0.2, -0.15) is 0 Å². The van der Waals surface area contributed by atoms with Crippen LogP contribution in [0.25, 0.3) is 0 Å². The van der Waals surface area contributed by atoms with E-state index < -0.39 is 18.0 Å². The van der Waals surface area contributed by atoms with Gasteiger partial charge in [0, 0.05) is 5.70 Å². The van der Waals surface area contributed by atoms with E-state index in [-0.39, 0.29) is 13.2 Å². The molecule has 0 amide bonds. The van der Waals surface area contributed by atoms with Crippen LogP contribution in [0.2, 0.25) is 0 Å². The number of nitrogens with one attached hydrogen (secondary N) is 2. The Morgan fingerprint density at radius 3 is 2.55 bits per heavy atom. The summed E-state index contributed by atoms with van der Waals surface area (Å²) in [5.74, 6) is -0.0563. The van der Waals surface area contributed by atoms with Crippen molar-refractivity contribution in [3.63, 3.8) is 0 Å². The third kappa shape index (κ3) is 5.72. The number of ether oxygens (including phenoxy) is 4. The summed E-state index contributed by atoms with van der Waals surface area (Å²) < 4.78 is 21.9. The molecule has 10 heteroatoms. The normalized spacial score (nSPS) is 15.9. The van der Waals surface area contributed by atoms with Crippen molar-refractivity contribution in [1.82, 2.24) is 10.6 Å². The van der Waals surface area contributed by atoms with Gasteiger partial charge in [0.2, 0.25) is 0 Å². The molecule has 1 aromatic rings. The highest BCUT2D eigenvalue weighted by Gasteiger charge is 2.32. The Kier molecular flexibility index (Phi) is 8.50. The van der Waals surface area contributed by atoms with Crippen LogP contribution in [-0.2, 0) is 19.1 Å². The molecule has 1 aromatic carbocycles. The predicted molar refractivity (Wildman–Crippen MR) is 119 cm³/mol. The number of hydrogen-bond donors (Lipinski definition) is 2. The number of hydrogen-bond acceptors (Lipinski definition) is 7. The third-order valence-corrected chi connectivity index (χ3v) is 5.01. The molecule has 0 fully saturated rings. The van der Waals surface area contributed by atoms with Gasteiger partial charge in [-0.15, -0.1) is 0 Å². The number of carbonyl (C=O) groups is 2. The molecular formula is C19H23IN2O6S. The van der Waals surface area contributed by atoms with Gasteiger partial charge in [0.15, 0.2) is 23.2 Å². The van der Waals surface area contributed by atoms with E-state index in [1.165, 1.54) is 7.11 Å². The van der Waals surface area contributed by atoms with Crippen molar-refractivity contribution in [3.8, 4) is 11.5 Å². The van der Waals surface area contributed by atoms with Gasteiger partial charge in [0.1, 0.15) is 0 Å². The van der Waals surface area contributed by atoms with Gasteiger partial charge in [-0.1, -0.05) is 0 Å². The zero-order valence-corrected chi connectivity index (χ0v) is 19.6. The molecule has 2 rings (SSSR count). The maximum Gasteiger partial charge on any atom is 0.343 e. The van der Waals surface area contributed by atoms with Crippen LogP contribution in [-0.4, -0.2) is 44.0 Å². The van der Waals surface area contributed by atoms with Gasteiger partial charge in [-0.25, -0.2) is 9.59 Å². The van der Waals surface area contributed by atoms with Crippen molar-refractivity contribution in [2.24, 2.45) is 0 Å². The van der Waals surface area contributed by atoms with Crippen molar-refractivity contribution < 1.29 is 28.5 Å². The minimum Gasteiger partial charge on any atom is -0.490 e. The van der Waals surface area contributed by atoms with Crippen molar-refractivity contribution >= 4 is 51.9 Å². The van der Waals surface area contributed by atoms with Gasteiger partial charge in [0.05, 0.1) is 35.5 Å². The summed E-state index contributed by atoms with van der Waals surface area (Å²) in [6, 6.07) is 3.08. The quantitative estimate of drug-likeness (QED) is 0.297. The molecule has 158 valence electrons. The first-order valence-electron chi connectivity index (χ1n) is 8.93. The van der Waals surface area contributed by atoms with Crippen LogP contribution in [0.1, 0.15) is 32.4 Å². The first-order valence-corrected chi connectivity index (χ1v) is 10.4. The molecule has 0 aromatic heterocycles. The summed E-state index contributed by atoms with van der Waals surface area (Å²) in [7, 11) is 1.29. The molecule has 8 nitrogen and oxygen atoms in total. The van der Waals surface area contributed by atoms with E-state index in [1.807, 2.05) is 13.0 Å². The zero-order chi connectivity index (χ0) is 21.6. The molecule has 29 heavy (non-hydrogen) atoms. The molecule has 0 saturated carbocycles. The van der Waals surface area contributed by atoms with Crippen LogP contribution in [0.3, 0.4) is 0 Å². The molecule has 0 saturated heterocycles. The Bertz CT molecular complexity index is 842. The second-order valence-electron chi connectivity index (χ2n) is 5.92. The van der Waals surface area contributed by atoms with Crippen LogP contribution in [0.5, 0.6) is 11.5 Å². The number of methoxy groups -OCH3 is 1. The van der Waals surface area contributed by atoms with Gasteiger partial charge in [-0.3, -0.25) is 0 Å². The lowest BCUT2D eigenvalue weighted by molar-refractivity contribution is -0.143. The minimum atomic E-state index is -0.523. The van der Waals surface area contributed by atoms with Crippen LogP contribution in [0.4, 0.5) is 0 Å². The topological polar surface area (TPSA) is 95.1 Å². The number of allylic oxidation sites excluding steroid dienone is 1. The standard InChI is InChI=1S/C19H23IN2O6S/c1-5-26-13-8-11(7-12(20)17(13)28-9-14(23)25-4)16-15(18(24)27-6-2)10(3)21-19(29)22-16/h7-8,16H,5-6,9H2,1-4H3,(H2,21,22,29)/t16-/m1/s1. The summed E-state index contributed by atoms with van der Waals surface area (Å²) in [6.07, 6.45) is 0. The van der Waals surface area contributed by atoms with E-state index in [4.69, 9.17) is 26.4 Å². The Morgan fingerprint density at radius 2 is 1.93 bits per heavy atom. The van der Waals surface area contributed by atoms with Crippen LogP contribution < -0.4 is 20.1 Å². The first-order chi connectivity index (χ1) is 13.8. The van der Waals surface area contributed by atoms with Gasteiger partial charge < -0.3 is 29.6 Å². The summed E-state index contributed by atoms with van der Waals surface area (Å²) in [4.78, 5) is 24.0. The van der Waals surface area contributed by atoms with E-state index >= 15 is 0 Å². The van der Waals surface area contributed by atoms with E-state index in [9.17, 15) is 9.59 Å². The average Bonchev–Trinajstić information content (AvgIpc) is 2.66. The van der Waals surface area contributed by atoms with E-state index in [2.05, 4.69) is 38.0 Å². The Morgan fingerprint density at radius 1 is 1.21 bits per heavy atom. The highest BCUT2D eigenvalue weighted by atomic mass is 127. The smallest absolute Gasteiger partial charge is 0.343 e. The van der Waals surface area contributed by atoms with Crippen molar-refractivity contribution in [2.75, 3.05) is 26.9 Å². The van der Waals surface area contributed by atoms with Gasteiger partial charge >= 0.3 is 11.9 Å². The molecule has 0 bridgehead atoms. The number of halogens is 1. The lowest BCUT2D eigenvalue weighted by Crippen LogP contribution is -2.45. The minimum absolute atomic E-state index is 0.241. The molecular weight excluding hydrogens is 511 g/mol.